The molecule has 0 bridgehead atoms. The van der Waals surface area contributed by atoms with E-state index in [1.165, 1.54) is 18.2 Å². The van der Waals surface area contributed by atoms with E-state index in [4.69, 9.17) is 16.3 Å². The molecule has 6 heteroatoms. The van der Waals surface area contributed by atoms with Gasteiger partial charge in [0.05, 0.1) is 11.1 Å². The molecule has 0 amide bonds. The Hall–Kier alpha value is -1.95. The van der Waals surface area contributed by atoms with Crippen molar-refractivity contribution in [3.8, 4) is 5.75 Å². The molecule has 160 valence electrons. The summed E-state index contributed by atoms with van der Waals surface area (Å²) in [5.41, 5.74) is 1.71. The normalized spacial score (nSPS) is 26.8. The number of fused-ring (bicyclic) bond motifs is 1. The zero-order chi connectivity index (χ0) is 21.3. The van der Waals surface area contributed by atoms with E-state index in [0.29, 0.717) is 24.7 Å². The van der Waals surface area contributed by atoms with Crippen LogP contribution in [0.1, 0.15) is 24.0 Å². The molecule has 0 unspecified atom stereocenters. The van der Waals surface area contributed by atoms with Gasteiger partial charge in [-0.15, -0.1) is 0 Å². The first-order chi connectivity index (χ1) is 14.4. The summed E-state index contributed by atoms with van der Waals surface area (Å²) >= 11 is 6.23. The quantitative estimate of drug-likeness (QED) is 0.712. The van der Waals surface area contributed by atoms with E-state index < -0.39 is 18.0 Å². The van der Waals surface area contributed by atoms with Crippen molar-refractivity contribution in [2.45, 2.75) is 32.0 Å². The fourth-order valence-corrected chi connectivity index (χ4v) is 4.76. The Kier molecular flexibility index (Phi) is 6.42. The lowest BCUT2D eigenvalue weighted by Crippen LogP contribution is -2.42. The van der Waals surface area contributed by atoms with E-state index in [1.807, 2.05) is 6.08 Å². The molecular weight excluding hydrogens is 408 g/mol. The summed E-state index contributed by atoms with van der Waals surface area (Å²) in [7, 11) is 0. The van der Waals surface area contributed by atoms with Crippen LogP contribution in [-0.2, 0) is 0 Å². The van der Waals surface area contributed by atoms with Crippen molar-refractivity contribution >= 4 is 17.7 Å². The van der Waals surface area contributed by atoms with Crippen LogP contribution in [-0.4, -0.2) is 41.8 Å². The average molecular weight is 434 g/mol. The second kappa shape index (κ2) is 9.04. The second-order valence-electron chi connectivity index (χ2n) is 8.40. The second-order valence-corrected chi connectivity index (χ2v) is 8.77. The predicted octanol–water partition coefficient (Wildman–Crippen LogP) is 5.09. The minimum absolute atomic E-state index is 0.0382. The van der Waals surface area contributed by atoms with E-state index >= 15 is 0 Å². The van der Waals surface area contributed by atoms with E-state index in [0.717, 1.165) is 30.8 Å². The molecule has 1 N–H and O–H groups in total. The van der Waals surface area contributed by atoms with Gasteiger partial charge in [0.2, 0.25) is 0 Å². The van der Waals surface area contributed by atoms with Gasteiger partial charge in [-0.1, -0.05) is 42.0 Å². The third-order valence-corrected chi connectivity index (χ3v) is 6.69. The minimum atomic E-state index is -0.642. The molecule has 0 spiro atoms. The largest absolute Gasteiger partial charge is 0.483 e. The highest BCUT2D eigenvalue weighted by Gasteiger charge is 2.42. The lowest BCUT2D eigenvalue weighted by Gasteiger charge is -2.35. The van der Waals surface area contributed by atoms with Gasteiger partial charge in [-0.3, -0.25) is 4.90 Å². The Balaban J connectivity index is 1.36. The first kappa shape index (κ1) is 21.3. The van der Waals surface area contributed by atoms with E-state index in [-0.39, 0.29) is 16.6 Å². The van der Waals surface area contributed by atoms with Gasteiger partial charge in [-0.05, 0) is 60.9 Å². The number of aliphatic hydroxyl groups is 1. The maximum Gasteiger partial charge on any atom is 0.174 e. The van der Waals surface area contributed by atoms with Crippen LogP contribution >= 0.6 is 11.6 Å². The first-order valence-electron chi connectivity index (χ1n) is 10.3. The summed E-state index contributed by atoms with van der Waals surface area (Å²) in [6.07, 6.45) is 4.28. The molecule has 30 heavy (non-hydrogen) atoms. The Bertz CT molecular complexity index is 918. The minimum Gasteiger partial charge on any atom is -0.483 e. The van der Waals surface area contributed by atoms with Crippen LogP contribution in [0.25, 0.3) is 6.08 Å². The first-order valence-corrected chi connectivity index (χ1v) is 10.7. The van der Waals surface area contributed by atoms with Gasteiger partial charge in [0.25, 0.3) is 0 Å². The van der Waals surface area contributed by atoms with Gasteiger partial charge in [-0.25, -0.2) is 8.78 Å². The van der Waals surface area contributed by atoms with Gasteiger partial charge in [0.15, 0.2) is 11.6 Å². The number of hydrogen-bond donors (Lipinski definition) is 1. The number of likely N-dealkylation sites (tertiary alicyclic amines) is 1. The Labute approximate surface area is 180 Å². The van der Waals surface area contributed by atoms with Gasteiger partial charge >= 0.3 is 0 Å². The zero-order valence-electron chi connectivity index (χ0n) is 16.9. The molecule has 0 aromatic heterocycles. The van der Waals surface area contributed by atoms with Crippen molar-refractivity contribution in [3.63, 3.8) is 0 Å². The molecule has 3 nitrogen and oxygen atoms in total. The predicted molar refractivity (Wildman–Crippen MR) is 115 cm³/mol. The monoisotopic (exact) mass is 433 g/mol. The zero-order valence-corrected chi connectivity index (χ0v) is 17.7. The van der Waals surface area contributed by atoms with Crippen LogP contribution in [0.3, 0.4) is 0 Å². The fourth-order valence-electron chi connectivity index (χ4n) is 4.57. The standard InChI is InChI=1S/C24H26ClF2NO2/c1-15-4-9-20(27)24(23(15)25)30-22-12-18-14-28(13-17(18)11-21(22)29)10-2-3-16-5-7-19(26)8-6-16/h2-9,17-18,21-22,29H,10-14H2,1H3/b3-2+/t17-,18+,21+,22+/m0/s1. The van der Waals surface area contributed by atoms with Crippen LogP contribution < -0.4 is 4.74 Å². The van der Waals surface area contributed by atoms with Crippen molar-refractivity contribution in [1.82, 2.24) is 4.90 Å². The van der Waals surface area contributed by atoms with Crippen molar-refractivity contribution in [3.05, 3.63) is 70.3 Å². The molecule has 1 saturated heterocycles. The summed E-state index contributed by atoms with van der Waals surface area (Å²) in [5, 5.41) is 10.9. The van der Waals surface area contributed by atoms with Crippen LogP contribution in [0.15, 0.2) is 42.5 Å². The topological polar surface area (TPSA) is 32.7 Å². The lowest BCUT2D eigenvalue weighted by atomic mass is 9.78. The van der Waals surface area contributed by atoms with Gasteiger partial charge in [-0.2, -0.15) is 0 Å². The van der Waals surface area contributed by atoms with Crippen LogP contribution in [0, 0.1) is 30.4 Å². The number of hydrogen-bond acceptors (Lipinski definition) is 3. The molecule has 2 aliphatic rings. The molecule has 1 heterocycles. The lowest BCUT2D eigenvalue weighted by molar-refractivity contribution is -0.0246. The Morgan fingerprint density at radius 1 is 1.10 bits per heavy atom. The highest BCUT2D eigenvalue weighted by Crippen LogP contribution is 2.40. The van der Waals surface area contributed by atoms with E-state index in [9.17, 15) is 13.9 Å². The van der Waals surface area contributed by atoms with Crippen molar-refractivity contribution in [2.24, 2.45) is 11.8 Å². The number of benzene rings is 2. The molecule has 2 aromatic carbocycles. The Morgan fingerprint density at radius 3 is 2.53 bits per heavy atom. The maximum absolute atomic E-state index is 14.2. The highest BCUT2D eigenvalue weighted by atomic mass is 35.5. The third kappa shape index (κ3) is 4.69. The Morgan fingerprint density at radius 2 is 1.80 bits per heavy atom. The van der Waals surface area contributed by atoms with Gasteiger partial charge in [0, 0.05) is 19.6 Å². The maximum atomic E-state index is 14.2. The van der Waals surface area contributed by atoms with Crippen LogP contribution in [0.4, 0.5) is 8.78 Å². The molecule has 1 aliphatic carbocycles. The third-order valence-electron chi connectivity index (χ3n) is 6.22. The number of aliphatic hydroxyl groups excluding tert-OH is 1. The van der Waals surface area contributed by atoms with Crippen LogP contribution in [0.2, 0.25) is 5.02 Å². The number of nitrogens with zero attached hydrogens (tertiary/aromatic N) is 1. The van der Waals surface area contributed by atoms with Gasteiger partial charge in [0.1, 0.15) is 11.9 Å². The number of aryl methyl sites for hydroxylation is 1. The molecular formula is C24H26ClF2NO2. The highest BCUT2D eigenvalue weighted by molar-refractivity contribution is 6.32. The summed E-state index contributed by atoms with van der Waals surface area (Å²) < 4.78 is 33.1. The van der Waals surface area contributed by atoms with E-state index in [2.05, 4.69) is 11.0 Å². The molecule has 2 fully saturated rings. The molecule has 4 rings (SSSR count). The van der Waals surface area contributed by atoms with Crippen molar-refractivity contribution in [1.29, 1.82) is 0 Å². The van der Waals surface area contributed by atoms with E-state index in [1.54, 1.807) is 25.1 Å². The van der Waals surface area contributed by atoms with Crippen LogP contribution in [0.5, 0.6) is 5.75 Å². The summed E-state index contributed by atoms with van der Waals surface area (Å²) in [6.45, 7) is 4.43. The molecule has 0 radical (unpaired) electrons. The van der Waals surface area contributed by atoms with Gasteiger partial charge < -0.3 is 9.84 Å². The number of rotatable bonds is 5. The molecule has 2 aromatic rings. The summed E-state index contributed by atoms with van der Waals surface area (Å²) in [4.78, 5) is 2.35. The summed E-state index contributed by atoms with van der Waals surface area (Å²) in [5.74, 6) is 0.0919. The molecule has 4 atom stereocenters. The SMILES string of the molecule is Cc1ccc(F)c(O[C@@H]2C[C@@H]3CN(C/C=C/c4ccc(F)cc4)C[C@@H]3C[C@H]2O)c1Cl. The fraction of sp³-hybridized carbons (Fsp3) is 0.417. The average Bonchev–Trinajstić information content (AvgIpc) is 3.11. The molecule has 1 aliphatic heterocycles. The van der Waals surface area contributed by atoms with Crippen molar-refractivity contribution in [2.75, 3.05) is 19.6 Å². The number of ether oxygens (including phenoxy) is 1. The molecule has 1 saturated carbocycles. The van der Waals surface area contributed by atoms with Crippen molar-refractivity contribution < 1.29 is 18.6 Å². The number of halogens is 3. The summed E-state index contributed by atoms with van der Waals surface area (Å²) in [6, 6.07) is 9.38. The smallest absolute Gasteiger partial charge is 0.174 e.